The number of benzene rings is 1. The Labute approximate surface area is 170 Å². The minimum Gasteiger partial charge on any atom is -0.355 e. The zero-order chi connectivity index (χ0) is 19.7. The molecule has 0 radical (unpaired) electrons. The van der Waals surface area contributed by atoms with Gasteiger partial charge in [0.1, 0.15) is 5.82 Å². The zero-order valence-electron chi connectivity index (χ0n) is 16.5. The fourth-order valence-corrected chi connectivity index (χ4v) is 4.82. The normalized spacial score (nSPS) is 22.6. The van der Waals surface area contributed by atoms with Gasteiger partial charge in [-0.25, -0.2) is 9.97 Å². The largest absolute Gasteiger partial charge is 0.355 e. The number of anilines is 1. The molecule has 0 aliphatic carbocycles. The van der Waals surface area contributed by atoms with Crippen LogP contribution in [0, 0.1) is 5.41 Å². The molecule has 0 saturated carbocycles. The summed E-state index contributed by atoms with van der Waals surface area (Å²) < 4.78 is 0. The molecule has 4 heterocycles. The number of imidazole rings is 1. The van der Waals surface area contributed by atoms with Crippen LogP contribution in [0.1, 0.15) is 31.4 Å². The highest BCUT2D eigenvalue weighted by atomic mass is 16.2. The first-order chi connectivity index (χ1) is 14.2. The number of likely N-dealkylation sites (tertiary alicyclic amines) is 1. The van der Waals surface area contributed by atoms with Crippen molar-refractivity contribution >= 4 is 22.8 Å². The molecule has 3 aromatic rings. The number of aromatic amines is 1. The van der Waals surface area contributed by atoms with Crippen molar-refractivity contribution in [3.05, 3.63) is 48.7 Å². The summed E-state index contributed by atoms with van der Waals surface area (Å²) in [4.78, 5) is 33.6. The van der Waals surface area contributed by atoms with E-state index in [1.54, 1.807) is 6.33 Å². The van der Waals surface area contributed by atoms with Gasteiger partial charge in [0.25, 0.3) is 0 Å². The SMILES string of the molecule is O=C1CC[C@]2(CCCN(c3cnc4ccccc4n3)C2)CN1CCc1cnc[nH]1. The number of rotatable bonds is 4. The first-order valence-electron chi connectivity index (χ1n) is 10.4. The first kappa shape index (κ1) is 18.1. The second-order valence-electron chi connectivity index (χ2n) is 8.38. The van der Waals surface area contributed by atoms with Crippen LogP contribution < -0.4 is 4.90 Å². The number of hydrogen-bond acceptors (Lipinski definition) is 5. The molecule has 150 valence electrons. The number of piperidine rings is 2. The molecule has 7 nitrogen and oxygen atoms in total. The molecule has 2 aliphatic heterocycles. The Hall–Kier alpha value is -2.96. The highest BCUT2D eigenvalue weighted by molar-refractivity contribution is 5.77. The number of H-pyrrole nitrogens is 1. The number of para-hydroxylation sites is 2. The lowest BCUT2D eigenvalue weighted by Crippen LogP contribution is -2.54. The van der Waals surface area contributed by atoms with Crippen molar-refractivity contribution in [3.63, 3.8) is 0 Å². The van der Waals surface area contributed by atoms with Crippen molar-refractivity contribution in [1.29, 1.82) is 0 Å². The predicted molar refractivity (Wildman–Crippen MR) is 112 cm³/mol. The third-order valence-electron chi connectivity index (χ3n) is 6.38. The summed E-state index contributed by atoms with van der Waals surface area (Å²) >= 11 is 0. The lowest BCUT2D eigenvalue weighted by molar-refractivity contribution is -0.137. The molecule has 0 unspecified atom stereocenters. The third kappa shape index (κ3) is 3.69. The van der Waals surface area contributed by atoms with E-state index in [1.807, 2.05) is 36.7 Å². The van der Waals surface area contributed by atoms with Gasteiger partial charge in [-0.1, -0.05) is 12.1 Å². The first-order valence-corrected chi connectivity index (χ1v) is 10.4. The maximum Gasteiger partial charge on any atom is 0.222 e. The van der Waals surface area contributed by atoms with E-state index in [1.165, 1.54) is 6.42 Å². The number of nitrogens with one attached hydrogen (secondary N) is 1. The van der Waals surface area contributed by atoms with Crippen molar-refractivity contribution in [1.82, 2.24) is 24.8 Å². The quantitative estimate of drug-likeness (QED) is 0.741. The van der Waals surface area contributed by atoms with Gasteiger partial charge < -0.3 is 14.8 Å². The average Bonchev–Trinajstić information content (AvgIpc) is 3.28. The van der Waals surface area contributed by atoms with Crippen LogP contribution in [0.2, 0.25) is 0 Å². The maximum absolute atomic E-state index is 12.5. The van der Waals surface area contributed by atoms with Gasteiger partial charge in [0.15, 0.2) is 0 Å². The Kier molecular flexibility index (Phi) is 4.66. The van der Waals surface area contributed by atoms with Crippen LogP contribution in [0.5, 0.6) is 0 Å². The van der Waals surface area contributed by atoms with Gasteiger partial charge in [-0.05, 0) is 31.4 Å². The van der Waals surface area contributed by atoms with Crippen molar-refractivity contribution in [2.24, 2.45) is 5.41 Å². The number of carbonyl (C=O) groups excluding carboxylic acids is 1. The topological polar surface area (TPSA) is 78.0 Å². The molecule has 2 saturated heterocycles. The van der Waals surface area contributed by atoms with Crippen LogP contribution in [-0.2, 0) is 11.2 Å². The Morgan fingerprint density at radius 3 is 2.86 bits per heavy atom. The molecule has 2 aliphatic rings. The summed E-state index contributed by atoms with van der Waals surface area (Å²) in [7, 11) is 0. The highest BCUT2D eigenvalue weighted by Gasteiger charge is 2.42. The summed E-state index contributed by atoms with van der Waals surface area (Å²) in [6, 6.07) is 8.00. The monoisotopic (exact) mass is 390 g/mol. The van der Waals surface area contributed by atoms with Gasteiger partial charge in [-0.2, -0.15) is 0 Å². The van der Waals surface area contributed by atoms with Gasteiger partial charge in [0.2, 0.25) is 5.91 Å². The predicted octanol–water partition coefficient (Wildman–Crippen LogP) is 2.80. The number of hydrogen-bond donors (Lipinski definition) is 1. The summed E-state index contributed by atoms with van der Waals surface area (Å²) in [5.74, 6) is 1.22. The number of fused-ring (bicyclic) bond motifs is 1. The minimum atomic E-state index is 0.146. The third-order valence-corrected chi connectivity index (χ3v) is 6.38. The van der Waals surface area contributed by atoms with E-state index in [0.717, 1.165) is 68.0 Å². The molecule has 7 heteroatoms. The maximum atomic E-state index is 12.5. The molecule has 5 rings (SSSR count). The minimum absolute atomic E-state index is 0.146. The molecular formula is C22H26N6O. The molecule has 1 N–H and O–H groups in total. The molecule has 1 atom stereocenters. The highest BCUT2D eigenvalue weighted by Crippen LogP contribution is 2.40. The second kappa shape index (κ2) is 7.46. The molecule has 0 bridgehead atoms. The van der Waals surface area contributed by atoms with Crippen molar-refractivity contribution in [3.8, 4) is 0 Å². The van der Waals surface area contributed by atoms with Crippen LogP contribution in [0.4, 0.5) is 5.82 Å². The van der Waals surface area contributed by atoms with Crippen LogP contribution in [0.3, 0.4) is 0 Å². The number of nitrogens with zero attached hydrogens (tertiary/aromatic N) is 5. The number of aromatic nitrogens is 4. The summed E-state index contributed by atoms with van der Waals surface area (Å²) in [5, 5.41) is 0. The van der Waals surface area contributed by atoms with E-state index in [0.29, 0.717) is 6.42 Å². The Morgan fingerprint density at radius 2 is 2.00 bits per heavy atom. The average molecular weight is 390 g/mol. The van der Waals surface area contributed by atoms with Gasteiger partial charge in [-0.3, -0.25) is 9.78 Å². The van der Waals surface area contributed by atoms with Crippen LogP contribution >= 0.6 is 0 Å². The van der Waals surface area contributed by atoms with Crippen molar-refractivity contribution < 1.29 is 4.79 Å². The number of amides is 1. The summed E-state index contributed by atoms with van der Waals surface area (Å²) in [5.41, 5.74) is 3.09. The molecular weight excluding hydrogens is 364 g/mol. The van der Waals surface area contributed by atoms with Crippen LogP contribution in [0.15, 0.2) is 43.0 Å². The molecule has 1 aromatic carbocycles. The van der Waals surface area contributed by atoms with E-state index in [-0.39, 0.29) is 11.3 Å². The molecule has 2 aromatic heterocycles. The lowest BCUT2D eigenvalue weighted by atomic mass is 9.73. The van der Waals surface area contributed by atoms with E-state index >= 15 is 0 Å². The van der Waals surface area contributed by atoms with E-state index in [9.17, 15) is 4.79 Å². The fourth-order valence-electron chi connectivity index (χ4n) is 4.82. The van der Waals surface area contributed by atoms with Gasteiger partial charge >= 0.3 is 0 Å². The van der Waals surface area contributed by atoms with Crippen molar-refractivity contribution in [2.45, 2.75) is 32.1 Å². The fraction of sp³-hybridized carbons (Fsp3) is 0.455. The molecule has 29 heavy (non-hydrogen) atoms. The smallest absolute Gasteiger partial charge is 0.222 e. The van der Waals surface area contributed by atoms with E-state index in [2.05, 4.69) is 24.8 Å². The van der Waals surface area contributed by atoms with E-state index < -0.39 is 0 Å². The van der Waals surface area contributed by atoms with Gasteiger partial charge in [0, 0.05) is 56.3 Å². The Bertz CT molecular complexity index is 1000. The van der Waals surface area contributed by atoms with Crippen LogP contribution in [-0.4, -0.2) is 56.9 Å². The van der Waals surface area contributed by atoms with Gasteiger partial charge in [-0.15, -0.1) is 0 Å². The lowest BCUT2D eigenvalue weighted by Gasteiger charge is -2.48. The summed E-state index contributed by atoms with van der Waals surface area (Å²) in [6.45, 7) is 3.51. The zero-order valence-corrected chi connectivity index (χ0v) is 16.5. The van der Waals surface area contributed by atoms with Crippen molar-refractivity contribution in [2.75, 3.05) is 31.1 Å². The van der Waals surface area contributed by atoms with Crippen LogP contribution in [0.25, 0.3) is 11.0 Å². The van der Waals surface area contributed by atoms with E-state index in [4.69, 9.17) is 4.98 Å². The summed E-state index contributed by atoms with van der Waals surface area (Å²) in [6.07, 6.45) is 10.1. The molecule has 1 amide bonds. The number of carbonyl (C=O) groups is 1. The Balaban J connectivity index is 1.32. The standard InChI is InChI=1S/C22H26N6O/c29-21-6-9-22(15-28(21)11-7-17-12-23-16-25-17)8-3-10-27(14-22)20-13-24-18-4-1-2-5-19(18)26-20/h1-2,4-5,12-13,16H,3,6-11,14-15H2,(H,23,25)/t22-/m0/s1. The Morgan fingerprint density at radius 1 is 1.10 bits per heavy atom. The second-order valence-corrected chi connectivity index (χ2v) is 8.38. The molecule has 2 fully saturated rings. The van der Waals surface area contributed by atoms with Gasteiger partial charge in [0.05, 0.1) is 23.6 Å². The molecule has 1 spiro atoms.